The molecular weight excluding hydrogens is 272 g/mol. The second-order valence-corrected chi connectivity index (χ2v) is 5.17. The Morgan fingerprint density at radius 3 is 2.43 bits per heavy atom. The van der Waals surface area contributed by atoms with Gasteiger partial charge in [-0.3, -0.25) is 4.79 Å². The number of nitrogen functional groups attached to an aromatic ring is 1. The Hall–Kier alpha value is -2.24. The Labute approximate surface area is 124 Å². The highest BCUT2D eigenvalue weighted by atomic mass is 16.5. The van der Waals surface area contributed by atoms with Crippen LogP contribution < -0.4 is 15.8 Å². The number of anilines is 1. The molecule has 0 radical (unpaired) electrons. The summed E-state index contributed by atoms with van der Waals surface area (Å²) in [6.45, 7) is 3.93. The molecule has 6 nitrogen and oxygen atoms in total. The predicted octanol–water partition coefficient (Wildman–Crippen LogP) is 1.59. The molecule has 0 saturated carbocycles. The Balaban J connectivity index is 2.91. The first-order valence-electron chi connectivity index (χ1n) is 6.70. The van der Waals surface area contributed by atoms with E-state index in [4.69, 9.17) is 15.2 Å². The van der Waals surface area contributed by atoms with Gasteiger partial charge in [-0.15, -0.1) is 0 Å². The third kappa shape index (κ3) is 4.98. The molecule has 1 atom stereocenters. The van der Waals surface area contributed by atoms with Crippen molar-refractivity contribution in [3.05, 3.63) is 23.8 Å². The molecule has 0 aliphatic carbocycles. The van der Waals surface area contributed by atoms with Gasteiger partial charge in [0.05, 0.1) is 14.2 Å². The first kappa shape index (κ1) is 16.8. The van der Waals surface area contributed by atoms with Crippen LogP contribution in [-0.2, 0) is 9.53 Å². The lowest BCUT2D eigenvalue weighted by Gasteiger charge is -2.18. The minimum atomic E-state index is -0.685. The molecule has 1 amide bonds. The number of carbonyl (C=O) groups excluding carboxylic acids is 2. The highest BCUT2D eigenvalue weighted by Gasteiger charge is 2.23. The molecule has 0 saturated heterocycles. The van der Waals surface area contributed by atoms with Crippen molar-refractivity contribution in [2.24, 2.45) is 5.92 Å². The quantitative estimate of drug-likeness (QED) is 0.614. The molecule has 0 aliphatic heterocycles. The van der Waals surface area contributed by atoms with Crippen LogP contribution in [-0.4, -0.2) is 32.1 Å². The maximum Gasteiger partial charge on any atom is 0.328 e. The molecule has 1 unspecified atom stereocenters. The Morgan fingerprint density at radius 1 is 1.24 bits per heavy atom. The number of esters is 1. The zero-order valence-corrected chi connectivity index (χ0v) is 12.8. The molecule has 6 heteroatoms. The van der Waals surface area contributed by atoms with Crippen molar-refractivity contribution in [2.75, 3.05) is 20.0 Å². The summed E-state index contributed by atoms with van der Waals surface area (Å²) in [5, 5.41) is 2.67. The Morgan fingerprint density at radius 2 is 1.90 bits per heavy atom. The van der Waals surface area contributed by atoms with Crippen molar-refractivity contribution in [3.63, 3.8) is 0 Å². The first-order chi connectivity index (χ1) is 9.87. The number of amides is 1. The SMILES string of the molecule is COC(=O)C(CC(C)C)NC(=O)c1cc(N)cc(OC)c1. The zero-order chi connectivity index (χ0) is 16.0. The summed E-state index contributed by atoms with van der Waals surface area (Å²) in [6, 6.07) is 4.02. The van der Waals surface area contributed by atoms with Gasteiger partial charge in [0.2, 0.25) is 0 Å². The largest absolute Gasteiger partial charge is 0.497 e. The minimum Gasteiger partial charge on any atom is -0.497 e. The van der Waals surface area contributed by atoms with E-state index in [1.807, 2.05) is 13.8 Å². The first-order valence-corrected chi connectivity index (χ1v) is 6.70. The van der Waals surface area contributed by atoms with Crippen molar-refractivity contribution in [1.29, 1.82) is 0 Å². The van der Waals surface area contributed by atoms with Crippen LogP contribution in [0, 0.1) is 5.92 Å². The molecule has 0 heterocycles. The number of benzene rings is 1. The fourth-order valence-electron chi connectivity index (χ4n) is 1.94. The molecule has 0 aromatic heterocycles. The van der Waals surface area contributed by atoms with Gasteiger partial charge in [-0.2, -0.15) is 0 Å². The third-order valence-electron chi connectivity index (χ3n) is 2.92. The van der Waals surface area contributed by atoms with Gasteiger partial charge in [0, 0.05) is 17.3 Å². The number of hydrogen-bond acceptors (Lipinski definition) is 5. The summed E-state index contributed by atoms with van der Waals surface area (Å²) in [5.74, 6) is -0.132. The van der Waals surface area contributed by atoms with Gasteiger partial charge in [-0.1, -0.05) is 13.8 Å². The monoisotopic (exact) mass is 294 g/mol. The van der Waals surface area contributed by atoms with Crippen molar-refractivity contribution in [3.8, 4) is 5.75 Å². The summed E-state index contributed by atoms with van der Waals surface area (Å²) in [6.07, 6.45) is 0.498. The maximum atomic E-state index is 12.2. The fraction of sp³-hybridized carbons (Fsp3) is 0.467. The normalized spacial score (nSPS) is 11.9. The van der Waals surface area contributed by atoms with Crippen LogP contribution in [0.15, 0.2) is 18.2 Å². The topological polar surface area (TPSA) is 90.7 Å². The smallest absolute Gasteiger partial charge is 0.328 e. The number of nitrogens with one attached hydrogen (secondary N) is 1. The van der Waals surface area contributed by atoms with Gasteiger partial charge in [-0.25, -0.2) is 4.79 Å². The molecule has 0 spiro atoms. The Bertz CT molecular complexity index is 514. The van der Waals surface area contributed by atoms with E-state index in [0.29, 0.717) is 23.4 Å². The van der Waals surface area contributed by atoms with Crippen LogP contribution in [0.25, 0.3) is 0 Å². The van der Waals surface area contributed by atoms with E-state index in [0.717, 1.165) is 0 Å². The highest BCUT2D eigenvalue weighted by molar-refractivity contribution is 5.97. The second kappa shape index (κ2) is 7.52. The average Bonchev–Trinajstić information content (AvgIpc) is 2.44. The van der Waals surface area contributed by atoms with Crippen LogP contribution >= 0.6 is 0 Å². The number of rotatable bonds is 6. The molecule has 0 bridgehead atoms. The molecular formula is C15H22N2O4. The van der Waals surface area contributed by atoms with Crippen LogP contribution in [0.3, 0.4) is 0 Å². The molecule has 1 rings (SSSR count). The molecule has 1 aromatic rings. The summed E-state index contributed by atoms with van der Waals surface area (Å²) in [5.41, 5.74) is 6.47. The van der Waals surface area contributed by atoms with E-state index in [2.05, 4.69) is 5.32 Å². The van der Waals surface area contributed by atoms with Crippen molar-refractivity contribution in [2.45, 2.75) is 26.3 Å². The van der Waals surface area contributed by atoms with Crippen molar-refractivity contribution in [1.82, 2.24) is 5.32 Å². The molecule has 3 N–H and O–H groups in total. The van der Waals surface area contributed by atoms with E-state index in [9.17, 15) is 9.59 Å². The Kier molecular flexibility index (Phi) is 6.02. The maximum absolute atomic E-state index is 12.2. The summed E-state index contributed by atoms with van der Waals surface area (Å²) >= 11 is 0. The lowest BCUT2D eigenvalue weighted by Crippen LogP contribution is -2.42. The number of ether oxygens (including phenoxy) is 2. The summed E-state index contributed by atoms with van der Waals surface area (Å²) in [4.78, 5) is 24.0. The molecule has 0 fully saturated rings. The molecule has 116 valence electrons. The number of methoxy groups -OCH3 is 2. The summed E-state index contributed by atoms with van der Waals surface area (Å²) in [7, 11) is 2.79. The highest BCUT2D eigenvalue weighted by Crippen LogP contribution is 2.19. The van der Waals surface area contributed by atoms with E-state index < -0.39 is 17.9 Å². The number of hydrogen-bond donors (Lipinski definition) is 2. The van der Waals surface area contributed by atoms with Gasteiger partial charge >= 0.3 is 5.97 Å². The summed E-state index contributed by atoms with van der Waals surface area (Å²) < 4.78 is 9.79. The van der Waals surface area contributed by atoms with Crippen LogP contribution in [0.5, 0.6) is 5.75 Å². The van der Waals surface area contributed by atoms with Crippen molar-refractivity contribution >= 4 is 17.6 Å². The minimum absolute atomic E-state index is 0.241. The van der Waals surface area contributed by atoms with Gasteiger partial charge in [0.15, 0.2) is 0 Å². The second-order valence-electron chi connectivity index (χ2n) is 5.17. The van der Waals surface area contributed by atoms with Gasteiger partial charge < -0.3 is 20.5 Å². The standard InChI is InChI=1S/C15H22N2O4/c1-9(2)5-13(15(19)21-4)17-14(18)10-6-11(16)8-12(7-10)20-3/h6-9,13H,5,16H2,1-4H3,(H,17,18). The molecule has 1 aromatic carbocycles. The van der Waals surface area contributed by atoms with E-state index >= 15 is 0 Å². The van der Waals surface area contributed by atoms with Gasteiger partial charge in [0.25, 0.3) is 5.91 Å². The molecule has 21 heavy (non-hydrogen) atoms. The van der Waals surface area contributed by atoms with Crippen LogP contribution in [0.4, 0.5) is 5.69 Å². The average molecular weight is 294 g/mol. The van der Waals surface area contributed by atoms with E-state index in [1.165, 1.54) is 20.3 Å². The third-order valence-corrected chi connectivity index (χ3v) is 2.92. The van der Waals surface area contributed by atoms with Gasteiger partial charge in [-0.05, 0) is 24.5 Å². The zero-order valence-electron chi connectivity index (χ0n) is 12.8. The molecule has 0 aliphatic rings. The van der Waals surface area contributed by atoms with Crippen LogP contribution in [0.2, 0.25) is 0 Å². The number of carbonyl (C=O) groups is 2. The van der Waals surface area contributed by atoms with Gasteiger partial charge in [0.1, 0.15) is 11.8 Å². The van der Waals surface area contributed by atoms with Crippen LogP contribution in [0.1, 0.15) is 30.6 Å². The fourth-order valence-corrected chi connectivity index (χ4v) is 1.94. The van der Waals surface area contributed by atoms with Crippen molar-refractivity contribution < 1.29 is 19.1 Å². The van der Waals surface area contributed by atoms with E-state index in [1.54, 1.807) is 12.1 Å². The number of nitrogens with two attached hydrogens (primary N) is 1. The van der Waals surface area contributed by atoms with E-state index in [-0.39, 0.29) is 5.92 Å². The lowest BCUT2D eigenvalue weighted by atomic mass is 10.0. The lowest BCUT2D eigenvalue weighted by molar-refractivity contribution is -0.143. The predicted molar refractivity (Wildman–Crippen MR) is 80.1 cm³/mol.